The quantitative estimate of drug-likeness (QED) is 0.785. The molecule has 1 atom stereocenters. The van der Waals surface area contributed by atoms with Gasteiger partial charge in [-0.3, -0.25) is 0 Å². The number of aromatic hydroxyl groups is 1. The summed E-state index contributed by atoms with van der Waals surface area (Å²) in [5.74, 6) is -1.57. The molecule has 0 bridgehead atoms. The second-order valence-corrected chi connectivity index (χ2v) is 4.31. The monoisotopic (exact) mass is 242 g/mol. The zero-order valence-electron chi connectivity index (χ0n) is 9.90. The molecule has 0 saturated carbocycles. The van der Waals surface area contributed by atoms with Crippen LogP contribution in [0.2, 0.25) is 0 Å². The van der Waals surface area contributed by atoms with Crippen molar-refractivity contribution in [1.29, 1.82) is 0 Å². The molecular formula is C12H15FO4. The van der Waals surface area contributed by atoms with Crippen LogP contribution in [0.5, 0.6) is 5.75 Å². The van der Waals surface area contributed by atoms with Crippen LogP contribution >= 0.6 is 0 Å². The molecule has 0 aliphatic heterocycles. The maximum absolute atomic E-state index is 13.1. The number of rotatable bonds is 3. The summed E-state index contributed by atoms with van der Waals surface area (Å²) in [7, 11) is 1.15. The van der Waals surface area contributed by atoms with Crippen LogP contribution in [0.4, 0.5) is 4.39 Å². The van der Waals surface area contributed by atoms with Crippen molar-refractivity contribution >= 4 is 5.97 Å². The van der Waals surface area contributed by atoms with Crippen molar-refractivity contribution in [2.24, 2.45) is 0 Å². The fourth-order valence-corrected chi connectivity index (χ4v) is 1.58. The second kappa shape index (κ2) is 4.71. The molecule has 17 heavy (non-hydrogen) atoms. The Kier molecular flexibility index (Phi) is 3.72. The normalized spacial score (nSPS) is 13.2. The molecule has 94 valence electrons. The van der Waals surface area contributed by atoms with E-state index in [0.29, 0.717) is 0 Å². The number of hydrogen-bond donors (Lipinski definition) is 2. The third kappa shape index (κ3) is 2.55. The number of benzene rings is 1. The van der Waals surface area contributed by atoms with Crippen molar-refractivity contribution < 1.29 is 24.1 Å². The van der Waals surface area contributed by atoms with E-state index in [-0.39, 0.29) is 11.3 Å². The van der Waals surface area contributed by atoms with E-state index in [1.807, 2.05) is 0 Å². The molecule has 1 aromatic carbocycles. The highest BCUT2D eigenvalue weighted by atomic mass is 19.1. The standard InChI is InChI=1S/C12H15FO4/c1-12(2,10(15)11(16)17-3)8-6-7(13)4-5-9(8)14/h4-6,10,14-15H,1-3H3. The zero-order valence-corrected chi connectivity index (χ0v) is 9.90. The van der Waals surface area contributed by atoms with Crippen LogP contribution < -0.4 is 0 Å². The van der Waals surface area contributed by atoms with Gasteiger partial charge in [0.1, 0.15) is 11.6 Å². The number of aliphatic hydroxyl groups is 1. The van der Waals surface area contributed by atoms with Crippen molar-refractivity contribution in [2.75, 3.05) is 7.11 Å². The predicted molar refractivity (Wildman–Crippen MR) is 59.1 cm³/mol. The first-order chi connectivity index (χ1) is 7.80. The first kappa shape index (κ1) is 13.4. The first-order valence-corrected chi connectivity index (χ1v) is 5.05. The number of hydrogen-bond acceptors (Lipinski definition) is 4. The molecule has 0 aliphatic carbocycles. The molecule has 0 amide bonds. The summed E-state index contributed by atoms with van der Waals surface area (Å²) < 4.78 is 17.5. The van der Waals surface area contributed by atoms with Gasteiger partial charge in [-0.25, -0.2) is 9.18 Å². The second-order valence-electron chi connectivity index (χ2n) is 4.31. The summed E-state index contributed by atoms with van der Waals surface area (Å²) in [5.41, 5.74) is -1.00. The minimum atomic E-state index is -1.49. The summed E-state index contributed by atoms with van der Waals surface area (Å²) in [5, 5.41) is 19.5. The molecule has 0 saturated heterocycles. The Morgan fingerprint density at radius 2 is 2.06 bits per heavy atom. The van der Waals surface area contributed by atoms with Crippen LogP contribution in [-0.2, 0) is 14.9 Å². The summed E-state index contributed by atoms with van der Waals surface area (Å²) in [6.45, 7) is 3.03. The van der Waals surface area contributed by atoms with Crippen LogP contribution in [-0.4, -0.2) is 29.4 Å². The van der Waals surface area contributed by atoms with E-state index >= 15 is 0 Å². The molecular weight excluding hydrogens is 227 g/mol. The predicted octanol–water partition coefficient (Wildman–Crippen LogP) is 1.34. The van der Waals surface area contributed by atoms with Crippen LogP contribution in [0.3, 0.4) is 0 Å². The van der Waals surface area contributed by atoms with E-state index in [4.69, 9.17) is 0 Å². The van der Waals surface area contributed by atoms with Crippen molar-refractivity contribution in [3.05, 3.63) is 29.6 Å². The Morgan fingerprint density at radius 1 is 1.47 bits per heavy atom. The molecule has 1 aromatic rings. The first-order valence-electron chi connectivity index (χ1n) is 5.05. The number of carbonyl (C=O) groups excluding carboxylic acids is 1. The maximum atomic E-state index is 13.1. The molecule has 4 nitrogen and oxygen atoms in total. The average Bonchev–Trinajstić information content (AvgIpc) is 2.30. The lowest BCUT2D eigenvalue weighted by atomic mass is 9.78. The van der Waals surface area contributed by atoms with Gasteiger partial charge in [0.15, 0.2) is 6.10 Å². The van der Waals surface area contributed by atoms with E-state index in [1.54, 1.807) is 0 Å². The molecule has 0 heterocycles. The molecule has 0 aliphatic rings. The van der Waals surface area contributed by atoms with Crippen molar-refractivity contribution in [3.63, 3.8) is 0 Å². The number of phenols is 1. The third-order valence-electron chi connectivity index (χ3n) is 2.76. The van der Waals surface area contributed by atoms with Crippen LogP contribution in [0.25, 0.3) is 0 Å². The number of carbonyl (C=O) groups is 1. The number of phenolic OH excluding ortho intramolecular Hbond substituents is 1. The number of halogens is 1. The average molecular weight is 242 g/mol. The minimum absolute atomic E-state index is 0.149. The van der Waals surface area contributed by atoms with Gasteiger partial charge in [0.25, 0.3) is 0 Å². The van der Waals surface area contributed by atoms with E-state index in [2.05, 4.69) is 4.74 Å². The highest BCUT2D eigenvalue weighted by Crippen LogP contribution is 2.34. The maximum Gasteiger partial charge on any atom is 0.335 e. The number of ether oxygens (including phenoxy) is 1. The van der Waals surface area contributed by atoms with Gasteiger partial charge in [0.05, 0.1) is 7.11 Å². The molecule has 1 unspecified atom stereocenters. The fourth-order valence-electron chi connectivity index (χ4n) is 1.58. The molecule has 1 rings (SSSR count). The Morgan fingerprint density at radius 3 is 2.59 bits per heavy atom. The van der Waals surface area contributed by atoms with Gasteiger partial charge in [-0.1, -0.05) is 13.8 Å². The zero-order chi connectivity index (χ0) is 13.2. The largest absolute Gasteiger partial charge is 0.508 e. The van der Waals surface area contributed by atoms with E-state index in [0.717, 1.165) is 19.2 Å². The van der Waals surface area contributed by atoms with Crippen molar-refractivity contribution in [2.45, 2.75) is 25.4 Å². The highest BCUT2D eigenvalue weighted by molar-refractivity contribution is 5.76. The SMILES string of the molecule is COC(=O)C(O)C(C)(C)c1cc(F)ccc1O. The summed E-state index contributed by atoms with van der Waals surface area (Å²) in [6.07, 6.45) is -1.49. The fraction of sp³-hybridized carbons (Fsp3) is 0.417. The Bertz CT molecular complexity index is 429. The topological polar surface area (TPSA) is 66.8 Å². The van der Waals surface area contributed by atoms with Crippen molar-refractivity contribution in [3.8, 4) is 5.75 Å². The van der Waals surface area contributed by atoms with Gasteiger partial charge in [-0.15, -0.1) is 0 Å². The lowest BCUT2D eigenvalue weighted by Gasteiger charge is -2.29. The Hall–Kier alpha value is -1.62. The molecule has 0 radical (unpaired) electrons. The molecule has 0 fully saturated rings. The summed E-state index contributed by atoms with van der Waals surface area (Å²) >= 11 is 0. The van der Waals surface area contributed by atoms with Crippen molar-refractivity contribution in [1.82, 2.24) is 0 Å². The third-order valence-corrected chi connectivity index (χ3v) is 2.76. The lowest BCUT2D eigenvalue weighted by Crippen LogP contribution is -2.40. The van der Waals surface area contributed by atoms with Crippen LogP contribution in [0.15, 0.2) is 18.2 Å². The Balaban J connectivity index is 3.20. The Labute approximate surface area is 98.7 Å². The van der Waals surface area contributed by atoms with Gasteiger partial charge in [-0.05, 0) is 18.2 Å². The van der Waals surface area contributed by atoms with Crippen LogP contribution in [0, 0.1) is 5.82 Å². The van der Waals surface area contributed by atoms with Gasteiger partial charge >= 0.3 is 5.97 Å². The number of aliphatic hydroxyl groups excluding tert-OH is 1. The number of esters is 1. The van der Waals surface area contributed by atoms with Gasteiger partial charge in [0, 0.05) is 11.0 Å². The lowest BCUT2D eigenvalue weighted by molar-refractivity contribution is -0.153. The minimum Gasteiger partial charge on any atom is -0.508 e. The van der Waals surface area contributed by atoms with E-state index in [1.165, 1.54) is 19.9 Å². The van der Waals surface area contributed by atoms with Crippen LogP contribution in [0.1, 0.15) is 19.4 Å². The molecule has 0 aromatic heterocycles. The summed E-state index contributed by atoms with van der Waals surface area (Å²) in [6, 6.07) is 3.36. The number of methoxy groups -OCH3 is 1. The van der Waals surface area contributed by atoms with E-state index in [9.17, 15) is 19.4 Å². The highest BCUT2D eigenvalue weighted by Gasteiger charge is 2.38. The van der Waals surface area contributed by atoms with E-state index < -0.39 is 23.3 Å². The van der Waals surface area contributed by atoms with Gasteiger partial charge in [-0.2, -0.15) is 0 Å². The van der Waals surface area contributed by atoms with Gasteiger partial charge in [0.2, 0.25) is 0 Å². The smallest absolute Gasteiger partial charge is 0.335 e. The molecule has 2 N–H and O–H groups in total. The summed E-state index contributed by atoms with van der Waals surface area (Å²) in [4.78, 5) is 11.3. The molecule has 5 heteroatoms. The molecule has 0 spiro atoms. The van der Waals surface area contributed by atoms with Gasteiger partial charge < -0.3 is 14.9 Å².